The third-order valence-corrected chi connectivity index (χ3v) is 6.91. The van der Waals surface area contributed by atoms with Gasteiger partial charge in [0.15, 0.2) is 5.16 Å². The first-order chi connectivity index (χ1) is 10.3. The van der Waals surface area contributed by atoms with Gasteiger partial charge in [-0.2, -0.15) is 12.6 Å². The van der Waals surface area contributed by atoms with Crippen molar-refractivity contribution in [3.05, 3.63) is 5.82 Å². The van der Waals surface area contributed by atoms with Crippen molar-refractivity contribution in [2.24, 2.45) is 5.41 Å². The second kappa shape index (κ2) is 5.78. The normalized spacial score (nSPS) is 25.2. The summed E-state index contributed by atoms with van der Waals surface area (Å²) in [5, 5.41) is 10.2. The third-order valence-electron chi connectivity index (χ3n) is 4.94. The van der Waals surface area contributed by atoms with Crippen LogP contribution in [0, 0.1) is 5.41 Å². The Bertz CT molecular complexity index is 505. The maximum atomic E-state index is 5.52. The van der Waals surface area contributed by atoms with Gasteiger partial charge in [0.05, 0.1) is 0 Å². The summed E-state index contributed by atoms with van der Waals surface area (Å²) in [7, 11) is 0. The Morgan fingerprint density at radius 2 is 1.95 bits per heavy atom. The van der Waals surface area contributed by atoms with Crippen molar-refractivity contribution in [3.8, 4) is 0 Å². The molecule has 0 atom stereocenters. The highest BCUT2D eigenvalue weighted by atomic mass is 32.2. The zero-order valence-electron chi connectivity index (χ0n) is 12.3. The molecule has 0 aromatic carbocycles. The average molecular weight is 326 g/mol. The summed E-state index contributed by atoms with van der Waals surface area (Å²) in [4.78, 5) is 0. The van der Waals surface area contributed by atoms with E-state index < -0.39 is 0 Å². The van der Waals surface area contributed by atoms with E-state index in [1.807, 2.05) is 11.8 Å². The van der Waals surface area contributed by atoms with Crippen molar-refractivity contribution in [1.29, 1.82) is 0 Å². The molecule has 1 aromatic heterocycles. The molecule has 0 spiro atoms. The van der Waals surface area contributed by atoms with Crippen LogP contribution >= 0.6 is 24.4 Å². The minimum absolute atomic E-state index is 0.312. The van der Waals surface area contributed by atoms with E-state index in [0.29, 0.717) is 17.4 Å². The first kappa shape index (κ1) is 14.4. The standard InChI is InChI=1S/C15H23N3OS2/c20-9-15(5-7-19-8-6-15)10-21-14-17-16-13(11-1-2-11)18(14)12-3-4-12/h11-12,20H,1-10H2. The van der Waals surface area contributed by atoms with E-state index in [9.17, 15) is 0 Å². The molecular formula is C15H23N3OS2. The highest BCUT2D eigenvalue weighted by Crippen LogP contribution is 2.47. The van der Waals surface area contributed by atoms with Crippen LogP contribution in [0.2, 0.25) is 0 Å². The molecule has 6 heteroatoms. The van der Waals surface area contributed by atoms with E-state index in [1.165, 1.54) is 31.5 Å². The molecule has 2 heterocycles. The van der Waals surface area contributed by atoms with E-state index in [1.54, 1.807) is 0 Å². The first-order valence-electron chi connectivity index (χ1n) is 8.07. The van der Waals surface area contributed by atoms with Crippen LogP contribution in [0.25, 0.3) is 0 Å². The van der Waals surface area contributed by atoms with E-state index in [4.69, 9.17) is 4.74 Å². The summed E-state index contributed by atoms with van der Waals surface area (Å²) in [6.07, 6.45) is 7.45. The smallest absolute Gasteiger partial charge is 0.191 e. The van der Waals surface area contributed by atoms with Crippen LogP contribution in [0.5, 0.6) is 0 Å². The lowest BCUT2D eigenvalue weighted by Gasteiger charge is -2.35. The largest absolute Gasteiger partial charge is 0.381 e. The summed E-state index contributed by atoms with van der Waals surface area (Å²) in [6.45, 7) is 1.76. The van der Waals surface area contributed by atoms with E-state index in [-0.39, 0.29) is 0 Å². The second-order valence-corrected chi connectivity index (χ2v) is 8.03. The molecule has 3 fully saturated rings. The number of hydrogen-bond acceptors (Lipinski definition) is 5. The van der Waals surface area contributed by atoms with Crippen molar-refractivity contribution in [2.45, 2.75) is 55.6 Å². The van der Waals surface area contributed by atoms with E-state index in [2.05, 4.69) is 27.4 Å². The van der Waals surface area contributed by atoms with Gasteiger partial charge in [0.1, 0.15) is 5.82 Å². The first-order valence-corrected chi connectivity index (χ1v) is 9.69. The molecule has 0 N–H and O–H groups in total. The minimum atomic E-state index is 0.312. The molecule has 1 aromatic rings. The van der Waals surface area contributed by atoms with Crippen LogP contribution in [0.3, 0.4) is 0 Å². The molecule has 2 aliphatic carbocycles. The number of thiol groups is 1. The topological polar surface area (TPSA) is 39.9 Å². The number of hydrogen-bond donors (Lipinski definition) is 1. The molecule has 2 saturated carbocycles. The molecule has 0 amide bonds. The number of thioether (sulfide) groups is 1. The zero-order chi connectivity index (χ0) is 14.3. The van der Waals surface area contributed by atoms with Gasteiger partial charge < -0.3 is 9.30 Å². The number of nitrogens with zero attached hydrogens (tertiary/aromatic N) is 3. The third kappa shape index (κ3) is 2.99. The van der Waals surface area contributed by atoms with Gasteiger partial charge in [-0.3, -0.25) is 0 Å². The minimum Gasteiger partial charge on any atom is -0.381 e. The van der Waals surface area contributed by atoms with Crippen molar-refractivity contribution in [2.75, 3.05) is 24.7 Å². The highest BCUT2D eigenvalue weighted by molar-refractivity contribution is 7.99. The van der Waals surface area contributed by atoms with Gasteiger partial charge in [-0.15, -0.1) is 10.2 Å². The number of ether oxygens (including phenoxy) is 1. The van der Waals surface area contributed by atoms with Crippen molar-refractivity contribution < 1.29 is 4.74 Å². The molecule has 21 heavy (non-hydrogen) atoms. The van der Waals surface area contributed by atoms with E-state index in [0.717, 1.165) is 42.7 Å². The van der Waals surface area contributed by atoms with Crippen molar-refractivity contribution in [3.63, 3.8) is 0 Å². The molecule has 1 aliphatic heterocycles. The molecule has 116 valence electrons. The Hall–Kier alpha value is -0.200. The van der Waals surface area contributed by atoms with E-state index >= 15 is 0 Å². The zero-order valence-corrected chi connectivity index (χ0v) is 14.0. The lowest BCUT2D eigenvalue weighted by molar-refractivity contribution is 0.0370. The SMILES string of the molecule is SCC1(CSc2nnc(C3CC3)n2C2CC2)CCOCC1. The molecule has 4 nitrogen and oxygen atoms in total. The molecule has 3 aliphatic rings. The second-order valence-electron chi connectivity index (χ2n) is 6.78. The Morgan fingerprint density at radius 1 is 1.19 bits per heavy atom. The maximum absolute atomic E-state index is 5.52. The summed E-state index contributed by atoms with van der Waals surface area (Å²) >= 11 is 6.51. The van der Waals surface area contributed by atoms with Crippen LogP contribution in [-0.4, -0.2) is 39.5 Å². The lowest BCUT2D eigenvalue weighted by atomic mass is 9.84. The number of rotatable bonds is 6. The van der Waals surface area contributed by atoms with Gasteiger partial charge in [-0.05, 0) is 49.7 Å². The van der Waals surface area contributed by atoms with Gasteiger partial charge in [-0.25, -0.2) is 0 Å². The van der Waals surface area contributed by atoms with Crippen molar-refractivity contribution in [1.82, 2.24) is 14.8 Å². The quantitative estimate of drug-likeness (QED) is 0.643. The summed E-state index contributed by atoms with van der Waals surface area (Å²) < 4.78 is 7.97. The fourth-order valence-corrected chi connectivity index (χ4v) is 4.94. The molecule has 1 saturated heterocycles. The fourth-order valence-electron chi connectivity index (χ4n) is 3.05. The van der Waals surface area contributed by atoms with Crippen LogP contribution in [-0.2, 0) is 4.74 Å². The van der Waals surface area contributed by atoms with Gasteiger partial charge in [0.25, 0.3) is 0 Å². The van der Waals surface area contributed by atoms with Crippen LogP contribution in [0.1, 0.15) is 56.3 Å². The monoisotopic (exact) mass is 325 g/mol. The van der Waals surface area contributed by atoms with Gasteiger partial charge in [0, 0.05) is 30.9 Å². The van der Waals surface area contributed by atoms with Gasteiger partial charge >= 0.3 is 0 Å². The highest BCUT2D eigenvalue weighted by Gasteiger charge is 2.37. The molecule has 0 bridgehead atoms. The summed E-state index contributed by atoms with van der Waals surface area (Å²) in [5.74, 6) is 3.98. The van der Waals surface area contributed by atoms with Crippen LogP contribution in [0.15, 0.2) is 5.16 Å². The Morgan fingerprint density at radius 3 is 2.57 bits per heavy atom. The summed E-state index contributed by atoms with van der Waals surface area (Å²) in [6, 6.07) is 0.680. The fraction of sp³-hybridized carbons (Fsp3) is 0.867. The lowest BCUT2D eigenvalue weighted by Crippen LogP contribution is -2.33. The predicted molar refractivity (Wildman–Crippen MR) is 87.3 cm³/mol. The Kier molecular flexibility index (Phi) is 3.96. The van der Waals surface area contributed by atoms with Crippen LogP contribution in [0.4, 0.5) is 0 Å². The predicted octanol–water partition coefficient (Wildman–Crippen LogP) is 3.31. The molecular weight excluding hydrogens is 302 g/mol. The Balaban J connectivity index is 1.49. The van der Waals surface area contributed by atoms with Crippen LogP contribution < -0.4 is 0 Å². The molecule has 0 radical (unpaired) electrons. The Labute approximate surface area is 135 Å². The van der Waals surface area contributed by atoms with Crippen molar-refractivity contribution >= 4 is 24.4 Å². The maximum Gasteiger partial charge on any atom is 0.191 e. The number of aromatic nitrogens is 3. The molecule has 0 unspecified atom stereocenters. The summed E-state index contributed by atoms with van der Waals surface area (Å²) in [5.41, 5.74) is 0.312. The van der Waals surface area contributed by atoms with Gasteiger partial charge in [-0.1, -0.05) is 11.8 Å². The van der Waals surface area contributed by atoms with Gasteiger partial charge in [0.2, 0.25) is 0 Å². The molecule has 4 rings (SSSR count). The average Bonchev–Trinajstić information content (AvgIpc) is 3.45.